The summed E-state index contributed by atoms with van der Waals surface area (Å²) in [4.78, 5) is 2.04. The van der Waals surface area contributed by atoms with Crippen molar-refractivity contribution in [1.29, 1.82) is 0 Å². The number of likely N-dealkylation sites (N-methyl/N-ethyl adjacent to an activating group) is 1. The van der Waals surface area contributed by atoms with Gasteiger partial charge in [0.1, 0.15) is 5.75 Å². The maximum atomic E-state index is 10.7. The Labute approximate surface area is 212 Å². The molecule has 3 aromatic carbocycles. The molecule has 5 N–H and O–H groups in total. The lowest BCUT2D eigenvalue weighted by atomic mass is 9.90. The van der Waals surface area contributed by atoms with Crippen molar-refractivity contribution < 1.29 is 24.8 Å². The number of nitrogens with two attached hydrogens (primary N) is 1. The van der Waals surface area contributed by atoms with Gasteiger partial charge in [-0.2, -0.15) is 0 Å². The van der Waals surface area contributed by atoms with Crippen LogP contribution in [0.2, 0.25) is 0 Å². The number of aliphatic hydroxyl groups excluding tert-OH is 2. The van der Waals surface area contributed by atoms with Gasteiger partial charge in [0.25, 0.3) is 0 Å². The fourth-order valence-electron chi connectivity index (χ4n) is 4.65. The Morgan fingerprint density at radius 1 is 0.944 bits per heavy atom. The highest BCUT2D eigenvalue weighted by molar-refractivity contribution is 5.29. The third kappa shape index (κ3) is 6.31. The molecule has 3 aromatic rings. The van der Waals surface area contributed by atoms with Gasteiger partial charge >= 0.3 is 0 Å². The molecule has 0 saturated carbocycles. The van der Waals surface area contributed by atoms with Crippen LogP contribution in [0.1, 0.15) is 53.2 Å². The summed E-state index contributed by atoms with van der Waals surface area (Å²) in [5.41, 5.74) is 10.3. The fourth-order valence-corrected chi connectivity index (χ4v) is 4.65. The molecule has 7 nitrogen and oxygen atoms in total. The highest BCUT2D eigenvalue weighted by atomic mass is 16.7. The lowest BCUT2D eigenvalue weighted by Crippen LogP contribution is -2.44. The van der Waals surface area contributed by atoms with E-state index in [1.54, 1.807) is 24.3 Å². The summed E-state index contributed by atoms with van der Waals surface area (Å²) in [6.07, 6.45) is -1.66. The van der Waals surface area contributed by atoms with E-state index in [0.717, 1.165) is 22.3 Å². The fraction of sp³-hybridized carbons (Fsp3) is 0.379. The Kier molecular flexibility index (Phi) is 8.74. The quantitative estimate of drug-likeness (QED) is 0.360. The number of hydrogen-bond acceptors (Lipinski definition) is 7. The summed E-state index contributed by atoms with van der Waals surface area (Å²) in [6.45, 7) is 3.56. The van der Waals surface area contributed by atoms with Gasteiger partial charge in [0, 0.05) is 31.1 Å². The molecule has 5 atom stereocenters. The minimum atomic E-state index is -0.737. The van der Waals surface area contributed by atoms with Crippen LogP contribution in [0.3, 0.4) is 0 Å². The van der Waals surface area contributed by atoms with Crippen molar-refractivity contribution in [3.63, 3.8) is 0 Å². The van der Waals surface area contributed by atoms with E-state index in [0.29, 0.717) is 25.2 Å². The first kappa shape index (κ1) is 26.3. The van der Waals surface area contributed by atoms with Crippen LogP contribution in [-0.4, -0.2) is 46.5 Å². The zero-order valence-corrected chi connectivity index (χ0v) is 20.8. The summed E-state index contributed by atoms with van der Waals surface area (Å²) >= 11 is 0. The summed E-state index contributed by atoms with van der Waals surface area (Å²) in [7, 11) is 1.95. The molecule has 0 aromatic heterocycles. The van der Waals surface area contributed by atoms with Gasteiger partial charge in [-0.3, -0.25) is 0 Å². The van der Waals surface area contributed by atoms with Crippen LogP contribution < -0.4 is 5.73 Å². The molecule has 0 radical (unpaired) electrons. The molecule has 1 saturated heterocycles. The van der Waals surface area contributed by atoms with E-state index in [9.17, 15) is 15.3 Å². The van der Waals surface area contributed by atoms with Crippen LogP contribution >= 0.6 is 0 Å². The molecule has 1 aliphatic rings. The van der Waals surface area contributed by atoms with E-state index < -0.39 is 12.4 Å². The van der Waals surface area contributed by atoms with Gasteiger partial charge < -0.3 is 35.4 Å². The number of benzene rings is 3. The Morgan fingerprint density at radius 3 is 2.25 bits per heavy atom. The number of phenolic OH excluding ortho intramolecular Hbond substituents is 1. The molecule has 36 heavy (non-hydrogen) atoms. The lowest BCUT2D eigenvalue weighted by molar-refractivity contribution is -0.276. The van der Waals surface area contributed by atoms with Crippen molar-refractivity contribution in [3.05, 3.63) is 101 Å². The molecule has 0 amide bonds. The largest absolute Gasteiger partial charge is 0.508 e. The standard InChI is InChI=1S/C29H36N2O5/c1-19-27(17-31(2)16-26(34)24-4-3-5-25(33)14-24)35-29(23-12-6-20(15-30)7-13-23)36-28(19)22-10-8-21(18-32)9-11-22/h3-14,19,26-29,32-34H,15-18,30H2,1-2H3/t19-,26-,27+,28+,29+/m1/s1. The smallest absolute Gasteiger partial charge is 0.184 e. The topological polar surface area (TPSA) is 108 Å². The SMILES string of the molecule is C[C@@H]1[C@H](CN(C)C[C@@H](O)c2cccc(O)c2)O[C@H](c2ccc(CN)cc2)O[C@@H]1c1ccc(CO)cc1. The zero-order chi connectivity index (χ0) is 25.7. The number of rotatable bonds is 9. The van der Waals surface area contributed by atoms with Crippen LogP contribution in [0.15, 0.2) is 72.8 Å². The first-order chi connectivity index (χ1) is 17.4. The first-order valence-electron chi connectivity index (χ1n) is 12.3. The monoisotopic (exact) mass is 492 g/mol. The maximum Gasteiger partial charge on any atom is 0.184 e. The molecule has 0 aliphatic carbocycles. The Balaban J connectivity index is 1.53. The molecule has 0 unspecified atom stereocenters. The normalized spacial score (nSPS) is 23.1. The predicted octanol–water partition coefficient (Wildman–Crippen LogP) is 3.80. The predicted molar refractivity (Wildman–Crippen MR) is 138 cm³/mol. The van der Waals surface area contributed by atoms with Crippen molar-refractivity contribution in [3.8, 4) is 5.75 Å². The van der Waals surface area contributed by atoms with E-state index in [1.165, 1.54) is 0 Å². The van der Waals surface area contributed by atoms with Gasteiger partial charge in [-0.1, -0.05) is 67.6 Å². The van der Waals surface area contributed by atoms with Crippen molar-refractivity contribution in [2.45, 2.75) is 44.7 Å². The second kappa shape index (κ2) is 12.0. The third-order valence-electron chi connectivity index (χ3n) is 6.84. The van der Waals surface area contributed by atoms with Gasteiger partial charge in [0.15, 0.2) is 6.29 Å². The highest BCUT2D eigenvalue weighted by Crippen LogP contribution is 2.41. The van der Waals surface area contributed by atoms with Crippen LogP contribution in [-0.2, 0) is 22.6 Å². The van der Waals surface area contributed by atoms with E-state index in [-0.39, 0.29) is 30.5 Å². The molecule has 1 aliphatic heterocycles. The number of aromatic hydroxyl groups is 1. The second-order valence-electron chi connectivity index (χ2n) is 9.60. The molecule has 0 bridgehead atoms. The number of nitrogens with zero attached hydrogens (tertiary/aromatic N) is 1. The second-order valence-corrected chi connectivity index (χ2v) is 9.60. The summed E-state index contributed by atoms with van der Waals surface area (Å²) in [5, 5.41) is 29.9. The Bertz CT molecular complexity index is 1110. The number of ether oxygens (including phenoxy) is 2. The first-order valence-corrected chi connectivity index (χ1v) is 12.3. The zero-order valence-electron chi connectivity index (χ0n) is 20.8. The lowest BCUT2D eigenvalue weighted by Gasteiger charge is -2.42. The highest BCUT2D eigenvalue weighted by Gasteiger charge is 2.39. The average Bonchev–Trinajstić information content (AvgIpc) is 2.90. The van der Waals surface area contributed by atoms with Crippen LogP contribution in [0.4, 0.5) is 0 Å². The Hall–Kier alpha value is -2.78. The van der Waals surface area contributed by atoms with E-state index in [1.807, 2.05) is 60.5 Å². The molecule has 1 fully saturated rings. The molecule has 1 heterocycles. The van der Waals surface area contributed by atoms with Crippen molar-refractivity contribution in [2.24, 2.45) is 11.7 Å². The molecule has 192 valence electrons. The van der Waals surface area contributed by atoms with Gasteiger partial charge in [-0.05, 0) is 41.4 Å². The van der Waals surface area contributed by atoms with Crippen LogP contribution in [0, 0.1) is 5.92 Å². The average molecular weight is 493 g/mol. The number of aliphatic hydroxyl groups is 2. The molecule has 0 spiro atoms. The van der Waals surface area contributed by atoms with E-state index in [2.05, 4.69) is 6.92 Å². The third-order valence-corrected chi connectivity index (χ3v) is 6.84. The maximum absolute atomic E-state index is 10.7. The number of phenols is 1. The van der Waals surface area contributed by atoms with Gasteiger partial charge in [0.2, 0.25) is 0 Å². The minimum Gasteiger partial charge on any atom is -0.508 e. The molecular formula is C29H36N2O5. The molecular weight excluding hydrogens is 456 g/mol. The van der Waals surface area contributed by atoms with E-state index in [4.69, 9.17) is 15.2 Å². The van der Waals surface area contributed by atoms with Crippen molar-refractivity contribution in [2.75, 3.05) is 20.1 Å². The number of hydrogen-bond donors (Lipinski definition) is 4. The van der Waals surface area contributed by atoms with Gasteiger partial charge in [-0.25, -0.2) is 0 Å². The minimum absolute atomic E-state index is 0.00444. The van der Waals surface area contributed by atoms with Crippen LogP contribution in [0.25, 0.3) is 0 Å². The van der Waals surface area contributed by atoms with Gasteiger partial charge in [0.05, 0.1) is 24.9 Å². The van der Waals surface area contributed by atoms with Gasteiger partial charge in [-0.15, -0.1) is 0 Å². The summed E-state index contributed by atoms with van der Waals surface area (Å²) in [5.74, 6) is 0.166. The van der Waals surface area contributed by atoms with Crippen molar-refractivity contribution in [1.82, 2.24) is 4.90 Å². The van der Waals surface area contributed by atoms with Crippen LogP contribution in [0.5, 0.6) is 5.75 Å². The molecule has 7 heteroatoms. The Morgan fingerprint density at radius 2 is 1.61 bits per heavy atom. The summed E-state index contributed by atoms with van der Waals surface area (Å²) in [6, 6.07) is 22.5. The van der Waals surface area contributed by atoms with E-state index >= 15 is 0 Å². The van der Waals surface area contributed by atoms with Crippen molar-refractivity contribution >= 4 is 0 Å². The molecule has 4 rings (SSSR count). The summed E-state index contributed by atoms with van der Waals surface area (Å²) < 4.78 is 13.0.